The maximum Gasteiger partial charge on any atom is 0.187 e. The van der Waals surface area contributed by atoms with Gasteiger partial charge in [-0.2, -0.15) is 0 Å². The van der Waals surface area contributed by atoms with Crippen LogP contribution in [-0.2, 0) is 17.0 Å². The zero-order chi connectivity index (χ0) is 15.9. The third kappa shape index (κ3) is 5.03. The summed E-state index contributed by atoms with van der Waals surface area (Å²) in [5.41, 5.74) is 2.48. The van der Waals surface area contributed by atoms with Gasteiger partial charge < -0.3 is 4.74 Å². The van der Waals surface area contributed by atoms with Crippen LogP contribution < -0.4 is 0 Å². The van der Waals surface area contributed by atoms with Crippen molar-refractivity contribution in [1.82, 2.24) is 14.9 Å². The van der Waals surface area contributed by atoms with E-state index in [-0.39, 0.29) is 0 Å². The summed E-state index contributed by atoms with van der Waals surface area (Å²) in [6, 6.07) is 10.4. The van der Waals surface area contributed by atoms with E-state index < -0.39 is 0 Å². The van der Waals surface area contributed by atoms with E-state index in [1.807, 2.05) is 18.5 Å². The van der Waals surface area contributed by atoms with Crippen LogP contribution in [0.15, 0.2) is 47.9 Å². The third-order valence-corrected chi connectivity index (χ3v) is 5.02. The van der Waals surface area contributed by atoms with Crippen molar-refractivity contribution in [2.45, 2.75) is 23.9 Å². The second-order valence-corrected chi connectivity index (χ2v) is 6.94. The fourth-order valence-corrected chi connectivity index (χ4v) is 3.65. The SMILES string of the molecule is COCC1CCN(Cc2cnc(SCc3ccccc3)nc2)C1. The van der Waals surface area contributed by atoms with Crippen molar-refractivity contribution >= 4 is 11.8 Å². The molecule has 0 amide bonds. The summed E-state index contributed by atoms with van der Waals surface area (Å²) >= 11 is 1.68. The Morgan fingerprint density at radius 1 is 1.17 bits per heavy atom. The number of aromatic nitrogens is 2. The van der Waals surface area contributed by atoms with Gasteiger partial charge in [0.05, 0.1) is 6.61 Å². The molecule has 3 rings (SSSR count). The lowest BCUT2D eigenvalue weighted by atomic mass is 10.1. The van der Waals surface area contributed by atoms with Gasteiger partial charge in [-0.1, -0.05) is 42.1 Å². The highest BCUT2D eigenvalue weighted by Crippen LogP contribution is 2.21. The van der Waals surface area contributed by atoms with E-state index in [4.69, 9.17) is 4.74 Å². The minimum absolute atomic E-state index is 0.668. The molecule has 0 saturated carbocycles. The molecule has 1 aliphatic heterocycles. The first-order chi connectivity index (χ1) is 11.3. The fourth-order valence-electron chi connectivity index (χ4n) is 2.91. The van der Waals surface area contributed by atoms with Gasteiger partial charge in [0.2, 0.25) is 0 Å². The summed E-state index contributed by atoms with van der Waals surface area (Å²) in [7, 11) is 1.78. The summed E-state index contributed by atoms with van der Waals surface area (Å²) in [5, 5.41) is 0.844. The zero-order valence-corrected chi connectivity index (χ0v) is 14.3. The third-order valence-electron chi connectivity index (χ3n) is 4.07. The topological polar surface area (TPSA) is 38.2 Å². The highest BCUT2D eigenvalue weighted by molar-refractivity contribution is 7.98. The molecule has 5 heteroatoms. The number of likely N-dealkylation sites (tertiary alicyclic amines) is 1. The normalized spacial score (nSPS) is 18.4. The lowest BCUT2D eigenvalue weighted by Crippen LogP contribution is -2.21. The van der Waals surface area contributed by atoms with E-state index in [1.165, 1.54) is 17.5 Å². The summed E-state index contributed by atoms with van der Waals surface area (Å²) in [4.78, 5) is 11.4. The average Bonchev–Trinajstić information content (AvgIpc) is 3.03. The highest BCUT2D eigenvalue weighted by Gasteiger charge is 2.22. The van der Waals surface area contributed by atoms with Crippen LogP contribution in [0.1, 0.15) is 17.5 Å². The molecule has 2 heterocycles. The van der Waals surface area contributed by atoms with Crippen molar-refractivity contribution < 1.29 is 4.74 Å². The molecule has 122 valence electrons. The Morgan fingerprint density at radius 2 is 1.96 bits per heavy atom. The number of thioether (sulfide) groups is 1. The molecule has 1 atom stereocenters. The lowest BCUT2D eigenvalue weighted by molar-refractivity contribution is 0.152. The molecule has 0 spiro atoms. The fraction of sp³-hybridized carbons (Fsp3) is 0.444. The van der Waals surface area contributed by atoms with Crippen molar-refractivity contribution in [2.24, 2.45) is 5.92 Å². The van der Waals surface area contributed by atoms with Gasteiger partial charge >= 0.3 is 0 Å². The highest BCUT2D eigenvalue weighted by atomic mass is 32.2. The van der Waals surface area contributed by atoms with Crippen LogP contribution in [0.4, 0.5) is 0 Å². The largest absolute Gasteiger partial charge is 0.384 e. The van der Waals surface area contributed by atoms with E-state index in [0.717, 1.165) is 37.2 Å². The average molecular weight is 329 g/mol. The van der Waals surface area contributed by atoms with Crippen LogP contribution in [0, 0.1) is 5.92 Å². The number of hydrogen-bond acceptors (Lipinski definition) is 5. The van der Waals surface area contributed by atoms with Gasteiger partial charge in [0.1, 0.15) is 0 Å². The summed E-state index contributed by atoms with van der Waals surface area (Å²) in [6.45, 7) is 4.04. The maximum absolute atomic E-state index is 5.25. The van der Waals surface area contributed by atoms with Crippen molar-refractivity contribution in [1.29, 1.82) is 0 Å². The molecule has 1 unspecified atom stereocenters. The van der Waals surface area contributed by atoms with Crippen LogP contribution in [0.3, 0.4) is 0 Å². The molecule has 4 nitrogen and oxygen atoms in total. The number of methoxy groups -OCH3 is 1. The Bertz CT molecular complexity index is 591. The lowest BCUT2D eigenvalue weighted by Gasteiger charge is -2.15. The Balaban J connectivity index is 1.47. The van der Waals surface area contributed by atoms with Crippen LogP contribution in [-0.4, -0.2) is 41.7 Å². The van der Waals surface area contributed by atoms with Crippen molar-refractivity contribution in [2.75, 3.05) is 26.8 Å². The monoisotopic (exact) mass is 329 g/mol. The molecule has 1 aliphatic rings. The van der Waals surface area contributed by atoms with E-state index >= 15 is 0 Å². The molecule has 1 aromatic carbocycles. The summed E-state index contributed by atoms with van der Waals surface area (Å²) in [6.07, 6.45) is 5.15. The Kier molecular flexibility index (Phi) is 6.02. The first kappa shape index (κ1) is 16.4. The predicted octanol–water partition coefficient (Wildman–Crippen LogP) is 3.24. The van der Waals surface area contributed by atoms with Gasteiger partial charge in [-0.15, -0.1) is 0 Å². The molecule has 0 N–H and O–H groups in total. The smallest absolute Gasteiger partial charge is 0.187 e. The van der Waals surface area contributed by atoms with Gasteiger partial charge in [-0.25, -0.2) is 9.97 Å². The minimum Gasteiger partial charge on any atom is -0.384 e. The molecule has 0 bridgehead atoms. The summed E-state index contributed by atoms with van der Waals surface area (Å²) < 4.78 is 5.25. The van der Waals surface area contributed by atoms with Crippen molar-refractivity contribution in [3.63, 3.8) is 0 Å². The molecule has 2 aromatic rings. The number of benzene rings is 1. The molecular weight excluding hydrogens is 306 g/mol. The van der Waals surface area contributed by atoms with Crippen LogP contribution >= 0.6 is 11.8 Å². The Hall–Kier alpha value is -1.43. The molecule has 0 radical (unpaired) electrons. The van der Waals surface area contributed by atoms with Gasteiger partial charge in [0.25, 0.3) is 0 Å². The number of nitrogens with zero attached hydrogens (tertiary/aromatic N) is 3. The molecule has 0 aliphatic carbocycles. The quantitative estimate of drug-likeness (QED) is 0.576. The van der Waals surface area contributed by atoms with Gasteiger partial charge in [-0.3, -0.25) is 4.90 Å². The first-order valence-electron chi connectivity index (χ1n) is 8.02. The maximum atomic E-state index is 5.25. The van der Waals surface area contributed by atoms with Gasteiger partial charge in [-0.05, 0) is 24.4 Å². The standard InChI is InChI=1S/C18H23N3OS/c1-22-13-16-7-8-21(11-16)12-17-9-19-18(20-10-17)23-14-15-5-3-2-4-6-15/h2-6,9-10,16H,7-8,11-14H2,1H3. The second kappa shape index (κ2) is 8.43. The predicted molar refractivity (Wildman–Crippen MR) is 93.3 cm³/mol. The van der Waals surface area contributed by atoms with E-state index in [2.05, 4.69) is 39.1 Å². The molecule has 1 saturated heterocycles. The van der Waals surface area contributed by atoms with Crippen molar-refractivity contribution in [3.05, 3.63) is 53.9 Å². The Morgan fingerprint density at radius 3 is 2.70 bits per heavy atom. The zero-order valence-electron chi connectivity index (χ0n) is 13.5. The molecule has 23 heavy (non-hydrogen) atoms. The van der Waals surface area contributed by atoms with Crippen LogP contribution in [0.5, 0.6) is 0 Å². The van der Waals surface area contributed by atoms with Crippen molar-refractivity contribution in [3.8, 4) is 0 Å². The summed E-state index contributed by atoms with van der Waals surface area (Å²) in [5.74, 6) is 1.58. The van der Waals surface area contributed by atoms with Gasteiger partial charge in [0.15, 0.2) is 5.16 Å². The van der Waals surface area contributed by atoms with E-state index in [1.54, 1.807) is 18.9 Å². The number of hydrogen-bond donors (Lipinski definition) is 0. The van der Waals surface area contributed by atoms with E-state index in [0.29, 0.717) is 5.92 Å². The van der Waals surface area contributed by atoms with Crippen LogP contribution in [0.25, 0.3) is 0 Å². The molecule has 1 aromatic heterocycles. The van der Waals surface area contributed by atoms with E-state index in [9.17, 15) is 0 Å². The number of ether oxygens (including phenoxy) is 1. The Labute approximate surface area is 142 Å². The van der Waals surface area contributed by atoms with Crippen LogP contribution in [0.2, 0.25) is 0 Å². The minimum atomic E-state index is 0.668. The second-order valence-electron chi connectivity index (χ2n) is 5.99. The number of rotatable bonds is 7. The molecular formula is C18H23N3OS. The van der Waals surface area contributed by atoms with Gasteiger partial charge in [0, 0.05) is 43.9 Å². The molecule has 1 fully saturated rings. The first-order valence-corrected chi connectivity index (χ1v) is 9.01.